The van der Waals surface area contributed by atoms with Crippen LogP contribution in [0, 0.1) is 16.7 Å². The molecule has 1 aromatic heterocycles. The smallest absolute Gasteiger partial charge is 0.162 e. The van der Waals surface area contributed by atoms with E-state index in [0.717, 1.165) is 16.9 Å². The summed E-state index contributed by atoms with van der Waals surface area (Å²) in [6.07, 6.45) is 4.48. The van der Waals surface area contributed by atoms with Crippen LogP contribution in [-0.2, 0) is 4.79 Å². The Kier molecular flexibility index (Phi) is 4.68. The molecule has 2 aliphatic rings. The number of rotatable bonds is 2. The predicted molar refractivity (Wildman–Crippen MR) is 113 cm³/mol. The number of hydrogen-bond donors (Lipinski definition) is 1. The quantitative estimate of drug-likeness (QED) is 0.785. The first kappa shape index (κ1) is 19.2. The van der Waals surface area contributed by atoms with Crippen LogP contribution in [0.3, 0.4) is 0 Å². The van der Waals surface area contributed by atoms with E-state index in [0.29, 0.717) is 34.8 Å². The van der Waals surface area contributed by atoms with Crippen LogP contribution in [0.2, 0.25) is 5.02 Å². The largest absolute Gasteiger partial charge is 0.384 e. The first-order valence-electron chi connectivity index (χ1n) is 9.44. The van der Waals surface area contributed by atoms with Crippen molar-refractivity contribution < 1.29 is 4.79 Å². The summed E-state index contributed by atoms with van der Waals surface area (Å²) in [5.41, 5.74) is 9.77. The van der Waals surface area contributed by atoms with Gasteiger partial charge in [0.15, 0.2) is 5.78 Å². The van der Waals surface area contributed by atoms with E-state index in [4.69, 9.17) is 17.3 Å². The van der Waals surface area contributed by atoms with Gasteiger partial charge in [-0.1, -0.05) is 37.6 Å². The monoisotopic (exact) mass is 404 g/mol. The first-order chi connectivity index (χ1) is 13.8. The summed E-state index contributed by atoms with van der Waals surface area (Å²) in [7, 11) is 0. The number of hydrogen-bond acceptors (Lipinski definition) is 5. The van der Waals surface area contributed by atoms with Crippen molar-refractivity contribution in [2.45, 2.75) is 32.6 Å². The van der Waals surface area contributed by atoms with E-state index in [1.54, 1.807) is 24.5 Å². The Labute approximate surface area is 175 Å². The minimum absolute atomic E-state index is 0.0466. The zero-order chi connectivity index (χ0) is 20.8. The van der Waals surface area contributed by atoms with Gasteiger partial charge in [0.2, 0.25) is 0 Å². The van der Waals surface area contributed by atoms with Gasteiger partial charge in [-0.15, -0.1) is 0 Å². The van der Waals surface area contributed by atoms with E-state index >= 15 is 0 Å². The molecular formula is C23H21ClN4O. The fraction of sp³-hybridized carbons (Fsp3) is 0.261. The van der Waals surface area contributed by atoms with Gasteiger partial charge in [-0.25, -0.2) is 0 Å². The number of nitriles is 1. The molecule has 0 radical (unpaired) electrons. The Morgan fingerprint density at radius 3 is 2.59 bits per heavy atom. The van der Waals surface area contributed by atoms with E-state index in [1.807, 2.05) is 29.2 Å². The van der Waals surface area contributed by atoms with Crippen molar-refractivity contribution in [2.24, 2.45) is 11.1 Å². The van der Waals surface area contributed by atoms with Gasteiger partial charge in [-0.05, 0) is 41.7 Å². The van der Waals surface area contributed by atoms with Gasteiger partial charge in [-0.3, -0.25) is 14.7 Å². The molecule has 0 spiro atoms. The minimum Gasteiger partial charge on any atom is -0.384 e. The van der Waals surface area contributed by atoms with E-state index in [2.05, 4.69) is 24.9 Å². The average molecular weight is 405 g/mol. The molecule has 0 amide bonds. The summed E-state index contributed by atoms with van der Waals surface area (Å²) in [5.74, 6) is -0.112. The normalized spacial score (nSPS) is 21.1. The highest BCUT2D eigenvalue weighted by atomic mass is 35.5. The van der Waals surface area contributed by atoms with Crippen LogP contribution in [0.1, 0.15) is 38.2 Å². The van der Waals surface area contributed by atoms with Crippen LogP contribution in [0.25, 0.3) is 0 Å². The summed E-state index contributed by atoms with van der Waals surface area (Å²) in [5, 5.41) is 10.6. The number of nitrogens with zero attached hydrogens (tertiary/aromatic N) is 3. The minimum atomic E-state index is -0.496. The molecule has 146 valence electrons. The lowest BCUT2D eigenvalue weighted by Gasteiger charge is -2.43. The van der Waals surface area contributed by atoms with Crippen molar-refractivity contribution in [3.8, 4) is 6.07 Å². The number of allylic oxidation sites excluding steroid dienone is 3. The van der Waals surface area contributed by atoms with E-state index in [9.17, 15) is 10.1 Å². The van der Waals surface area contributed by atoms with Crippen LogP contribution in [0.15, 0.2) is 71.5 Å². The maximum absolute atomic E-state index is 13.3. The number of pyridine rings is 1. The molecule has 1 atom stereocenters. The van der Waals surface area contributed by atoms with Crippen LogP contribution in [0.5, 0.6) is 0 Å². The average Bonchev–Trinajstić information content (AvgIpc) is 2.67. The van der Waals surface area contributed by atoms with Gasteiger partial charge in [0.1, 0.15) is 5.82 Å². The van der Waals surface area contributed by atoms with Crippen molar-refractivity contribution in [3.63, 3.8) is 0 Å². The van der Waals surface area contributed by atoms with Gasteiger partial charge in [0, 0.05) is 28.9 Å². The molecular weight excluding hydrogens is 384 g/mol. The van der Waals surface area contributed by atoms with Crippen molar-refractivity contribution in [1.82, 2.24) is 4.98 Å². The third-order valence-electron chi connectivity index (χ3n) is 5.49. The molecule has 1 unspecified atom stereocenters. The SMILES string of the molecule is CC1(C)CC(=O)C2=C(C1)N(c1cccnc1)C(N)=C(C#N)C2c1ccc(Cl)cc1. The number of aromatic nitrogens is 1. The van der Waals surface area contributed by atoms with Gasteiger partial charge in [0.25, 0.3) is 0 Å². The fourth-order valence-electron chi connectivity index (χ4n) is 4.28. The van der Waals surface area contributed by atoms with Crippen molar-refractivity contribution in [1.29, 1.82) is 5.26 Å². The van der Waals surface area contributed by atoms with Gasteiger partial charge >= 0.3 is 0 Å². The number of anilines is 1. The molecule has 0 fully saturated rings. The second-order valence-corrected chi connectivity index (χ2v) is 8.68. The number of Topliss-reactive ketones (excluding diaryl/α,β-unsaturated/α-hetero) is 1. The standard InChI is InChI=1S/C23H21ClN4O/c1-23(2)10-18-21(19(29)11-23)20(14-5-7-15(24)8-6-14)17(12-25)22(26)28(18)16-4-3-9-27-13-16/h3-9,13,20H,10-11,26H2,1-2H3. The molecule has 0 bridgehead atoms. The highest BCUT2D eigenvalue weighted by molar-refractivity contribution is 6.30. The lowest BCUT2D eigenvalue weighted by molar-refractivity contribution is -0.118. The van der Waals surface area contributed by atoms with Crippen molar-refractivity contribution in [2.75, 3.05) is 4.90 Å². The topological polar surface area (TPSA) is 83.0 Å². The Morgan fingerprint density at radius 1 is 1.24 bits per heavy atom. The molecule has 2 heterocycles. The lowest BCUT2D eigenvalue weighted by atomic mass is 9.68. The molecule has 1 aromatic carbocycles. The maximum Gasteiger partial charge on any atom is 0.162 e. The summed E-state index contributed by atoms with van der Waals surface area (Å²) in [6, 6.07) is 13.2. The molecule has 1 aliphatic heterocycles. The van der Waals surface area contributed by atoms with Crippen LogP contribution >= 0.6 is 11.6 Å². The molecule has 29 heavy (non-hydrogen) atoms. The number of ketones is 1. The zero-order valence-electron chi connectivity index (χ0n) is 16.3. The number of nitrogens with two attached hydrogens (primary N) is 1. The maximum atomic E-state index is 13.3. The molecule has 1 aliphatic carbocycles. The summed E-state index contributed by atoms with van der Waals surface area (Å²) in [4.78, 5) is 19.4. The van der Waals surface area contributed by atoms with E-state index < -0.39 is 5.92 Å². The Bertz CT molecular complexity index is 1080. The number of carbonyl (C=O) groups excluding carboxylic acids is 1. The summed E-state index contributed by atoms with van der Waals surface area (Å²) < 4.78 is 0. The van der Waals surface area contributed by atoms with Crippen molar-refractivity contribution >= 4 is 23.1 Å². The number of benzene rings is 1. The highest BCUT2D eigenvalue weighted by Gasteiger charge is 2.44. The Morgan fingerprint density at radius 2 is 1.97 bits per heavy atom. The molecule has 2 aromatic rings. The summed E-state index contributed by atoms with van der Waals surface area (Å²) >= 11 is 6.06. The number of carbonyl (C=O) groups is 1. The van der Waals surface area contributed by atoms with Gasteiger partial charge in [0.05, 0.1) is 29.4 Å². The zero-order valence-corrected chi connectivity index (χ0v) is 17.1. The fourth-order valence-corrected chi connectivity index (χ4v) is 4.40. The third kappa shape index (κ3) is 3.30. The molecule has 5 nitrogen and oxygen atoms in total. The van der Waals surface area contributed by atoms with Gasteiger partial charge in [-0.2, -0.15) is 5.26 Å². The Hall–Kier alpha value is -3.10. The molecule has 2 N–H and O–H groups in total. The van der Waals surface area contributed by atoms with Crippen LogP contribution in [-0.4, -0.2) is 10.8 Å². The summed E-state index contributed by atoms with van der Waals surface area (Å²) in [6.45, 7) is 4.15. The lowest BCUT2D eigenvalue weighted by Crippen LogP contribution is -2.42. The second-order valence-electron chi connectivity index (χ2n) is 8.24. The van der Waals surface area contributed by atoms with Gasteiger partial charge < -0.3 is 5.73 Å². The van der Waals surface area contributed by atoms with Crippen LogP contribution in [0.4, 0.5) is 5.69 Å². The van der Waals surface area contributed by atoms with Crippen molar-refractivity contribution in [3.05, 3.63) is 82.0 Å². The second kappa shape index (κ2) is 7.06. The predicted octanol–water partition coefficient (Wildman–Crippen LogP) is 4.68. The molecule has 4 rings (SSSR count). The first-order valence-corrected chi connectivity index (χ1v) is 9.82. The molecule has 0 saturated carbocycles. The van der Waals surface area contributed by atoms with E-state index in [-0.39, 0.29) is 11.2 Å². The third-order valence-corrected chi connectivity index (χ3v) is 5.74. The molecule has 6 heteroatoms. The van der Waals surface area contributed by atoms with Crippen LogP contribution < -0.4 is 10.6 Å². The molecule has 0 saturated heterocycles. The highest BCUT2D eigenvalue weighted by Crippen LogP contribution is 2.50. The number of halogens is 1. The Balaban J connectivity index is 1.99. The van der Waals surface area contributed by atoms with E-state index in [1.165, 1.54) is 0 Å².